The van der Waals surface area contributed by atoms with Crippen LogP contribution in [0, 0.1) is 5.82 Å². The molecule has 1 saturated carbocycles. The van der Waals surface area contributed by atoms with Crippen LogP contribution in [-0.2, 0) is 19.5 Å². The number of halogens is 1. The van der Waals surface area contributed by atoms with Gasteiger partial charge in [0.05, 0.1) is 18.1 Å². The normalized spacial score (nSPS) is 22.7. The van der Waals surface area contributed by atoms with Crippen molar-refractivity contribution in [2.75, 3.05) is 13.2 Å². The van der Waals surface area contributed by atoms with Gasteiger partial charge >= 0.3 is 0 Å². The average Bonchev–Trinajstić information content (AvgIpc) is 2.90. The summed E-state index contributed by atoms with van der Waals surface area (Å²) in [5.41, 5.74) is 0. The first-order valence-corrected chi connectivity index (χ1v) is 8.53. The fourth-order valence-electron chi connectivity index (χ4n) is 2.86. The van der Waals surface area contributed by atoms with Crippen LogP contribution in [0.15, 0.2) is 29.2 Å². The zero-order valence-electron chi connectivity index (χ0n) is 11.5. The molecule has 1 aliphatic heterocycles. The van der Waals surface area contributed by atoms with E-state index in [0.717, 1.165) is 12.1 Å². The van der Waals surface area contributed by atoms with Crippen LogP contribution in [0.5, 0.6) is 0 Å². The number of rotatable bonds is 3. The summed E-state index contributed by atoms with van der Waals surface area (Å²) < 4.78 is 51.2. The van der Waals surface area contributed by atoms with Crippen LogP contribution in [0.25, 0.3) is 0 Å². The van der Waals surface area contributed by atoms with Crippen molar-refractivity contribution in [3.05, 3.63) is 30.1 Å². The number of hydrogen-bond donors (Lipinski definition) is 1. The molecule has 21 heavy (non-hydrogen) atoms. The van der Waals surface area contributed by atoms with Crippen molar-refractivity contribution in [2.24, 2.45) is 0 Å². The van der Waals surface area contributed by atoms with E-state index in [1.807, 2.05) is 0 Å². The molecule has 0 unspecified atom stereocenters. The highest BCUT2D eigenvalue weighted by atomic mass is 32.2. The van der Waals surface area contributed by atoms with Gasteiger partial charge in [-0.2, -0.15) is 0 Å². The summed E-state index contributed by atoms with van der Waals surface area (Å²) in [4.78, 5) is 0.0811. The van der Waals surface area contributed by atoms with Gasteiger partial charge in [0.1, 0.15) is 5.82 Å². The van der Waals surface area contributed by atoms with E-state index in [1.165, 1.54) is 12.1 Å². The van der Waals surface area contributed by atoms with Crippen LogP contribution in [-0.4, -0.2) is 33.5 Å². The summed E-state index contributed by atoms with van der Waals surface area (Å²) in [5.74, 6) is -0.957. The van der Waals surface area contributed by atoms with Crippen molar-refractivity contribution < 1.29 is 22.3 Å². The predicted octanol–water partition coefficient (Wildman–Crippen LogP) is 1.79. The number of nitrogens with one attached hydrogen (secondary N) is 1. The van der Waals surface area contributed by atoms with Gasteiger partial charge in [-0.15, -0.1) is 0 Å². The number of benzene rings is 1. The maximum Gasteiger partial charge on any atom is 0.240 e. The van der Waals surface area contributed by atoms with Gasteiger partial charge in [-0.1, -0.05) is 0 Å². The molecule has 3 rings (SSSR count). The second-order valence-electron chi connectivity index (χ2n) is 5.46. The summed E-state index contributed by atoms with van der Waals surface area (Å²) in [6.07, 6.45) is 2.70. The van der Waals surface area contributed by atoms with Gasteiger partial charge in [-0.25, -0.2) is 17.5 Å². The lowest BCUT2D eigenvalue weighted by molar-refractivity contribution is -0.178. The van der Waals surface area contributed by atoms with Gasteiger partial charge in [0, 0.05) is 18.9 Å². The van der Waals surface area contributed by atoms with E-state index in [-0.39, 0.29) is 10.9 Å². The molecule has 7 heteroatoms. The molecule has 0 aromatic heterocycles. The molecule has 0 amide bonds. The molecule has 116 valence electrons. The van der Waals surface area contributed by atoms with E-state index in [2.05, 4.69) is 4.72 Å². The molecular weight excluding hydrogens is 297 g/mol. The Balaban J connectivity index is 1.63. The standard InChI is InChI=1S/C14H18FNO4S/c15-11-1-3-13(4-2-11)21(17,18)16-12-5-7-14(8-6-12)19-9-10-20-14/h1-4,12,16H,5-10H2. The summed E-state index contributed by atoms with van der Waals surface area (Å²) in [5, 5.41) is 0. The van der Waals surface area contributed by atoms with Gasteiger partial charge in [0.25, 0.3) is 0 Å². The van der Waals surface area contributed by atoms with Crippen LogP contribution >= 0.6 is 0 Å². The summed E-state index contributed by atoms with van der Waals surface area (Å²) in [6, 6.07) is 4.68. The number of ether oxygens (including phenoxy) is 2. The van der Waals surface area contributed by atoms with E-state index in [0.29, 0.717) is 38.9 Å². The monoisotopic (exact) mass is 315 g/mol. The summed E-state index contributed by atoms with van der Waals surface area (Å²) >= 11 is 0. The Morgan fingerprint density at radius 2 is 1.67 bits per heavy atom. The third-order valence-corrected chi connectivity index (χ3v) is 5.54. The van der Waals surface area contributed by atoms with Crippen LogP contribution < -0.4 is 4.72 Å². The molecule has 2 fully saturated rings. The van der Waals surface area contributed by atoms with E-state index >= 15 is 0 Å². The number of hydrogen-bond acceptors (Lipinski definition) is 4. The molecule has 1 aliphatic carbocycles. The van der Waals surface area contributed by atoms with Gasteiger partial charge in [0.2, 0.25) is 10.0 Å². The van der Waals surface area contributed by atoms with E-state index < -0.39 is 21.6 Å². The van der Waals surface area contributed by atoms with Crippen molar-refractivity contribution in [2.45, 2.75) is 42.4 Å². The van der Waals surface area contributed by atoms with Crippen molar-refractivity contribution in [3.8, 4) is 0 Å². The average molecular weight is 315 g/mol. The minimum atomic E-state index is -3.61. The Hall–Kier alpha value is -1.02. The molecule has 1 saturated heterocycles. The van der Waals surface area contributed by atoms with Crippen molar-refractivity contribution in [1.82, 2.24) is 4.72 Å². The molecular formula is C14H18FNO4S. The lowest BCUT2D eigenvalue weighted by atomic mass is 9.91. The van der Waals surface area contributed by atoms with E-state index in [4.69, 9.17) is 9.47 Å². The third kappa shape index (κ3) is 3.26. The first-order chi connectivity index (χ1) is 9.99. The SMILES string of the molecule is O=S(=O)(NC1CCC2(CC1)OCCO2)c1ccc(F)cc1. The lowest BCUT2D eigenvalue weighted by Gasteiger charge is -2.35. The minimum absolute atomic E-state index is 0.0811. The van der Waals surface area contributed by atoms with Gasteiger partial charge in [-0.3, -0.25) is 0 Å². The second-order valence-corrected chi connectivity index (χ2v) is 7.17. The van der Waals surface area contributed by atoms with Crippen LogP contribution in [0.1, 0.15) is 25.7 Å². The summed E-state index contributed by atoms with van der Waals surface area (Å²) in [6.45, 7) is 1.21. The molecule has 1 heterocycles. The second kappa shape index (κ2) is 5.64. The maximum absolute atomic E-state index is 12.9. The van der Waals surface area contributed by atoms with Crippen LogP contribution in [0.2, 0.25) is 0 Å². The molecule has 0 bridgehead atoms. The third-order valence-electron chi connectivity index (χ3n) is 4.01. The highest BCUT2D eigenvalue weighted by molar-refractivity contribution is 7.89. The highest BCUT2D eigenvalue weighted by Gasteiger charge is 2.41. The molecule has 5 nitrogen and oxygen atoms in total. The van der Waals surface area contributed by atoms with Gasteiger partial charge in [0.15, 0.2) is 5.79 Å². The molecule has 1 aromatic rings. The quantitative estimate of drug-likeness (QED) is 0.923. The first kappa shape index (κ1) is 14.9. The summed E-state index contributed by atoms with van der Waals surface area (Å²) in [7, 11) is -3.61. The lowest BCUT2D eigenvalue weighted by Crippen LogP contribution is -2.43. The van der Waals surface area contributed by atoms with Crippen molar-refractivity contribution >= 4 is 10.0 Å². The Labute approximate surface area is 123 Å². The fraction of sp³-hybridized carbons (Fsp3) is 0.571. The van der Waals surface area contributed by atoms with E-state index in [1.54, 1.807) is 0 Å². The van der Waals surface area contributed by atoms with Crippen LogP contribution in [0.3, 0.4) is 0 Å². The molecule has 1 aromatic carbocycles. The minimum Gasteiger partial charge on any atom is -0.348 e. The van der Waals surface area contributed by atoms with Crippen molar-refractivity contribution in [1.29, 1.82) is 0 Å². The van der Waals surface area contributed by atoms with Gasteiger partial charge in [-0.05, 0) is 37.1 Å². The zero-order chi connectivity index (χ0) is 14.9. The zero-order valence-corrected chi connectivity index (χ0v) is 12.4. The largest absolute Gasteiger partial charge is 0.348 e. The first-order valence-electron chi connectivity index (χ1n) is 7.05. The van der Waals surface area contributed by atoms with E-state index in [9.17, 15) is 12.8 Å². The fourth-order valence-corrected chi connectivity index (χ4v) is 4.17. The van der Waals surface area contributed by atoms with Gasteiger partial charge < -0.3 is 9.47 Å². The molecule has 0 radical (unpaired) electrons. The highest BCUT2D eigenvalue weighted by Crippen LogP contribution is 2.36. The maximum atomic E-state index is 12.9. The molecule has 1 N–H and O–H groups in total. The smallest absolute Gasteiger partial charge is 0.240 e. The molecule has 0 atom stereocenters. The topological polar surface area (TPSA) is 64.6 Å². The Kier molecular flexibility index (Phi) is 4.00. The van der Waals surface area contributed by atoms with Crippen LogP contribution in [0.4, 0.5) is 4.39 Å². The molecule has 1 spiro atoms. The Bertz CT molecular complexity index is 586. The number of sulfonamides is 1. The predicted molar refractivity (Wildman–Crippen MR) is 73.6 cm³/mol. The Morgan fingerprint density at radius 1 is 1.10 bits per heavy atom. The van der Waals surface area contributed by atoms with Crippen molar-refractivity contribution in [3.63, 3.8) is 0 Å². The Morgan fingerprint density at radius 3 is 2.24 bits per heavy atom. The molecule has 2 aliphatic rings.